The van der Waals surface area contributed by atoms with E-state index in [0.717, 1.165) is 57.8 Å². The van der Waals surface area contributed by atoms with Crippen LogP contribution in [0, 0.1) is 0 Å². The molecule has 0 bridgehead atoms. The van der Waals surface area contributed by atoms with E-state index in [1.54, 1.807) is 21.1 Å². The summed E-state index contributed by atoms with van der Waals surface area (Å²) >= 11 is 0. The van der Waals surface area contributed by atoms with Crippen molar-refractivity contribution in [2.75, 3.05) is 41.0 Å². The summed E-state index contributed by atoms with van der Waals surface area (Å²) in [6.07, 6.45) is 43.0. The van der Waals surface area contributed by atoms with Crippen LogP contribution in [0.5, 0.6) is 0 Å². The fourth-order valence-electron chi connectivity index (χ4n) is 4.70. The smallest absolute Gasteiger partial charge is 0.306 e. The van der Waals surface area contributed by atoms with E-state index in [0.29, 0.717) is 12.8 Å². The summed E-state index contributed by atoms with van der Waals surface area (Å²) in [5, 5.41) is 11.6. The summed E-state index contributed by atoms with van der Waals surface area (Å²) < 4.78 is 17.0. The second kappa shape index (κ2) is 33.4. The number of nitrogens with zero attached hydrogens (tertiary/aromatic N) is 1. The van der Waals surface area contributed by atoms with E-state index in [2.05, 4.69) is 56.4 Å². The molecule has 0 amide bonds. The third-order valence-corrected chi connectivity index (χ3v) is 7.59. The largest absolute Gasteiger partial charge is 0.544 e. The molecule has 0 aliphatic heterocycles. The van der Waals surface area contributed by atoms with Crippen molar-refractivity contribution >= 4 is 17.9 Å². The quantitative estimate of drug-likeness (QED) is 0.0235. The highest BCUT2D eigenvalue weighted by molar-refractivity contribution is 5.70. The Morgan fingerprint density at radius 2 is 1.16 bits per heavy atom. The van der Waals surface area contributed by atoms with Gasteiger partial charge in [-0.2, -0.15) is 0 Å². The number of hydrogen-bond acceptors (Lipinski definition) is 7. The fraction of sp³-hybridized carbons (Fsp3) is 0.558. The van der Waals surface area contributed by atoms with Crippen molar-refractivity contribution in [1.82, 2.24) is 0 Å². The molecular weight excluding hydrogens is 642 g/mol. The maximum atomic E-state index is 12.6. The first-order valence-electron chi connectivity index (χ1n) is 18.8. The van der Waals surface area contributed by atoms with Gasteiger partial charge >= 0.3 is 11.9 Å². The van der Waals surface area contributed by atoms with Crippen molar-refractivity contribution in [3.63, 3.8) is 0 Å². The molecule has 0 saturated carbocycles. The second-order valence-electron chi connectivity index (χ2n) is 13.2. The molecule has 0 heterocycles. The number of carboxylic acid groups (broad SMARTS) is 1. The van der Waals surface area contributed by atoms with Crippen LogP contribution >= 0.6 is 0 Å². The highest BCUT2D eigenvalue weighted by Crippen LogP contribution is 2.11. The first-order valence-corrected chi connectivity index (χ1v) is 18.8. The number of aliphatic carboxylic acids is 1. The average Bonchev–Trinajstić information content (AvgIpc) is 3.08. The first kappa shape index (κ1) is 47.2. The minimum atomic E-state index is -1.15. The Kier molecular flexibility index (Phi) is 30.9. The molecular formula is C43H67NO7. The van der Waals surface area contributed by atoms with Crippen molar-refractivity contribution in [2.24, 2.45) is 0 Å². The molecule has 51 heavy (non-hydrogen) atoms. The van der Waals surface area contributed by atoms with Crippen molar-refractivity contribution in [1.29, 1.82) is 0 Å². The Hall–Kier alpha value is -3.75. The summed E-state index contributed by atoms with van der Waals surface area (Å²) in [7, 11) is 5.35. The minimum absolute atomic E-state index is 0.00163. The summed E-state index contributed by atoms with van der Waals surface area (Å²) in [5.41, 5.74) is 0. The number of hydrogen-bond donors (Lipinski definition) is 0. The molecule has 0 radical (unpaired) electrons. The lowest BCUT2D eigenvalue weighted by Gasteiger charge is -2.34. The zero-order valence-corrected chi connectivity index (χ0v) is 32.2. The minimum Gasteiger partial charge on any atom is -0.544 e. The van der Waals surface area contributed by atoms with Gasteiger partial charge in [-0.05, 0) is 57.8 Å². The van der Waals surface area contributed by atoms with E-state index in [1.165, 1.54) is 0 Å². The van der Waals surface area contributed by atoms with Gasteiger partial charge in [-0.25, -0.2) is 0 Å². The predicted octanol–water partition coefficient (Wildman–Crippen LogP) is 8.23. The zero-order valence-electron chi connectivity index (χ0n) is 32.2. The van der Waals surface area contributed by atoms with Crippen molar-refractivity contribution < 1.29 is 38.2 Å². The maximum absolute atomic E-state index is 12.6. The number of ether oxygens (including phenoxy) is 3. The van der Waals surface area contributed by atoms with Crippen LogP contribution in [-0.4, -0.2) is 75.5 Å². The Morgan fingerprint density at radius 1 is 0.608 bits per heavy atom. The summed E-state index contributed by atoms with van der Waals surface area (Å²) in [5.74, 6) is -1.88. The van der Waals surface area contributed by atoms with Gasteiger partial charge in [0.1, 0.15) is 12.6 Å². The predicted molar refractivity (Wildman–Crippen MR) is 208 cm³/mol. The fourth-order valence-corrected chi connectivity index (χ4v) is 4.70. The molecule has 0 N–H and O–H groups in total. The van der Waals surface area contributed by atoms with Crippen LogP contribution in [0.25, 0.3) is 0 Å². The van der Waals surface area contributed by atoms with E-state index >= 15 is 0 Å². The zero-order chi connectivity index (χ0) is 37.8. The van der Waals surface area contributed by atoms with Crippen LogP contribution in [0.2, 0.25) is 0 Å². The van der Waals surface area contributed by atoms with Gasteiger partial charge in [-0.3, -0.25) is 9.59 Å². The molecule has 0 aliphatic carbocycles. The van der Waals surface area contributed by atoms with Gasteiger partial charge in [-0.15, -0.1) is 0 Å². The SMILES string of the molecule is CC/C=C/C=C/C=C/C=C/C=C/CCCC(=O)OCC(COCCC(C(=O)[O-])[N+](C)(C)C)OC(=O)CCCCCC/C=C/C/C=C/C/C=C/CC. The molecule has 286 valence electrons. The summed E-state index contributed by atoms with van der Waals surface area (Å²) in [6, 6.07) is -0.745. The third-order valence-electron chi connectivity index (χ3n) is 7.59. The van der Waals surface area contributed by atoms with Gasteiger partial charge in [0.25, 0.3) is 0 Å². The monoisotopic (exact) mass is 709 g/mol. The number of unbranched alkanes of at least 4 members (excludes halogenated alkanes) is 5. The molecule has 8 nitrogen and oxygen atoms in total. The topological polar surface area (TPSA) is 102 Å². The number of carbonyl (C=O) groups excluding carboxylic acids is 3. The first-order chi connectivity index (χ1) is 24.6. The number of carbonyl (C=O) groups is 3. The van der Waals surface area contributed by atoms with E-state index in [-0.39, 0.29) is 55.5 Å². The summed E-state index contributed by atoms with van der Waals surface area (Å²) in [6.45, 7) is 4.25. The highest BCUT2D eigenvalue weighted by atomic mass is 16.6. The molecule has 2 unspecified atom stereocenters. The van der Waals surface area contributed by atoms with Crippen LogP contribution in [0.3, 0.4) is 0 Å². The number of allylic oxidation sites excluding steroid dienone is 16. The molecule has 0 spiro atoms. The van der Waals surface area contributed by atoms with Gasteiger partial charge < -0.3 is 28.6 Å². The number of likely N-dealkylation sites (N-methyl/N-ethyl adjacent to an activating group) is 1. The molecule has 0 aliphatic rings. The molecule has 0 fully saturated rings. The number of esters is 2. The molecule has 0 aromatic heterocycles. The Balaban J connectivity index is 4.62. The van der Waals surface area contributed by atoms with E-state index in [4.69, 9.17) is 14.2 Å². The Morgan fingerprint density at radius 3 is 1.78 bits per heavy atom. The lowest BCUT2D eigenvalue weighted by atomic mass is 10.1. The van der Waals surface area contributed by atoms with Crippen LogP contribution in [0.15, 0.2) is 97.2 Å². The van der Waals surface area contributed by atoms with Gasteiger partial charge in [0, 0.05) is 19.3 Å². The van der Waals surface area contributed by atoms with Crippen LogP contribution < -0.4 is 5.11 Å². The maximum Gasteiger partial charge on any atom is 0.306 e. The average molecular weight is 710 g/mol. The molecule has 2 atom stereocenters. The number of quaternary nitrogens is 1. The third kappa shape index (κ3) is 31.9. The van der Waals surface area contributed by atoms with Gasteiger partial charge in [0.05, 0.1) is 40.3 Å². The molecule has 0 saturated heterocycles. The van der Waals surface area contributed by atoms with Gasteiger partial charge in [0.2, 0.25) is 0 Å². The van der Waals surface area contributed by atoms with E-state index in [9.17, 15) is 19.5 Å². The molecule has 0 aromatic rings. The lowest BCUT2D eigenvalue weighted by molar-refractivity contribution is -0.889. The Labute approximate surface area is 309 Å². The van der Waals surface area contributed by atoms with Crippen molar-refractivity contribution in [3.8, 4) is 0 Å². The van der Waals surface area contributed by atoms with Gasteiger partial charge in [0.15, 0.2) is 6.10 Å². The van der Waals surface area contributed by atoms with Crippen LogP contribution in [-0.2, 0) is 28.6 Å². The van der Waals surface area contributed by atoms with Crippen molar-refractivity contribution in [3.05, 3.63) is 97.2 Å². The van der Waals surface area contributed by atoms with Crippen LogP contribution in [0.4, 0.5) is 0 Å². The lowest BCUT2D eigenvalue weighted by Crippen LogP contribution is -2.55. The summed E-state index contributed by atoms with van der Waals surface area (Å²) in [4.78, 5) is 36.6. The van der Waals surface area contributed by atoms with Crippen molar-refractivity contribution in [2.45, 2.75) is 116 Å². The number of carboxylic acids is 1. The van der Waals surface area contributed by atoms with E-state index in [1.807, 2.05) is 54.7 Å². The molecule has 0 aromatic carbocycles. The molecule has 8 heteroatoms. The van der Waals surface area contributed by atoms with Gasteiger partial charge in [-0.1, -0.05) is 124 Å². The number of rotatable bonds is 31. The van der Waals surface area contributed by atoms with E-state index < -0.39 is 18.1 Å². The normalized spacial score (nSPS) is 14.1. The second-order valence-corrected chi connectivity index (χ2v) is 13.2. The Bertz CT molecular complexity index is 1150. The van der Waals surface area contributed by atoms with Crippen LogP contribution in [0.1, 0.15) is 104 Å². The molecule has 0 rings (SSSR count). The highest BCUT2D eigenvalue weighted by Gasteiger charge is 2.25. The standard InChI is InChI=1S/C43H67NO7/c1-6-8-10-12-14-16-18-20-22-24-26-28-30-32-34-42(46)51-39(37-49-36-35-40(43(47)48)44(3,4)5)38-50-41(45)33-31-29-27-25-23-21-19-17-15-13-11-9-7-2/h8-11,13-17,19-23,25,27,39-40H,6-7,12,18,24,26,28-38H2,1-5H3/b10-8+,11-9+,15-13+,16-14+,19-17+,22-20+,23-21+,27-25+.